The molecule has 0 atom stereocenters. The quantitative estimate of drug-likeness (QED) is 0.574. The van der Waals surface area contributed by atoms with Gasteiger partial charge in [0.25, 0.3) is 0 Å². The van der Waals surface area contributed by atoms with Gasteiger partial charge in [0.05, 0.1) is 25.9 Å². The van der Waals surface area contributed by atoms with Crippen molar-refractivity contribution in [2.45, 2.75) is 6.54 Å². The van der Waals surface area contributed by atoms with E-state index in [-0.39, 0.29) is 5.97 Å². The molecule has 1 saturated heterocycles. The minimum absolute atomic E-state index is 0.317. The fourth-order valence-electron chi connectivity index (χ4n) is 2.93. The molecule has 1 aliphatic rings. The van der Waals surface area contributed by atoms with E-state index in [1.807, 2.05) is 30.4 Å². The van der Waals surface area contributed by atoms with Crippen molar-refractivity contribution in [3.8, 4) is 0 Å². The summed E-state index contributed by atoms with van der Waals surface area (Å²) >= 11 is 0. The van der Waals surface area contributed by atoms with Gasteiger partial charge in [-0.3, -0.25) is 4.90 Å². The average molecular weight is 363 g/mol. The molecule has 1 heterocycles. The van der Waals surface area contributed by atoms with Crippen LogP contribution in [0.4, 0.5) is 0 Å². The van der Waals surface area contributed by atoms with Gasteiger partial charge in [-0.05, 0) is 28.8 Å². The summed E-state index contributed by atoms with van der Waals surface area (Å²) in [6, 6.07) is 16.0. The fraction of sp³-hybridized carbons (Fsp3) is 0.261. The van der Waals surface area contributed by atoms with Crippen LogP contribution in [0.1, 0.15) is 27.0 Å². The summed E-state index contributed by atoms with van der Waals surface area (Å²) in [5.74, 6) is -0.317. The molecule has 140 valence electrons. The molecule has 0 spiro atoms. The molecule has 1 aliphatic heterocycles. The second-order valence-corrected chi connectivity index (χ2v) is 6.46. The first-order chi connectivity index (χ1) is 13.2. The van der Waals surface area contributed by atoms with E-state index in [2.05, 4.69) is 35.2 Å². The highest BCUT2D eigenvalue weighted by Gasteiger charge is 2.10. The van der Waals surface area contributed by atoms with Gasteiger partial charge >= 0.3 is 5.97 Å². The Bertz CT molecular complexity index is 785. The van der Waals surface area contributed by atoms with Crippen LogP contribution in [-0.4, -0.2) is 44.3 Å². The van der Waals surface area contributed by atoms with Gasteiger partial charge < -0.3 is 9.47 Å². The molecular formula is C23H25NO3. The van der Waals surface area contributed by atoms with Crippen molar-refractivity contribution in [1.29, 1.82) is 0 Å². The molecule has 27 heavy (non-hydrogen) atoms. The van der Waals surface area contributed by atoms with Crippen molar-refractivity contribution in [3.05, 3.63) is 82.9 Å². The number of methoxy groups -OCH3 is 1. The van der Waals surface area contributed by atoms with Gasteiger partial charge in [-0.15, -0.1) is 0 Å². The van der Waals surface area contributed by atoms with Crippen LogP contribution in [0.5, 0.6) is 0 Å². The summed E-state index contributed by atoms with van der Waals surface area (Å²) in [4.78, 5) is 13.8. The lowest BCUT2D eigenvalue weighted by Gasteiger charge is -2.26. The van der Waals surface area contributed by atoms with Crippen molar-refractivity contribution in [3.63, 3.8) is 0 Å². The molecule has 0 aliphatic carbocycles. The number of carbonyl (C=O) groups is 1. The summed E-state index contributed by atoms with van der Waals surface area (Å²) in [5.41, 5.74) is 4.09. The molecule has 3 rings (SSSR count). The van der Waals surface area contributed by atoms with E-state index in [0.717, 1.165) is 38.4 Å². The number of hydrogen-bond acceptors (Lipinski definition) is 4. The lowest BCUT2D eigenvalue weighted by molar-refractivity contribution is 0.0342. The van der Waals surface area contributed by atoms with Gasteiger partial charge in [0.15, 0.2) is 0 Å². The highest BCUT2D eigenvalue weighted by Crippen LogP contribution is 2.11. The van der Waals surface area contributed by atoms with Gasteiger partial charge in [-0.25, -0.2) is 4.79 Å². The molecule has 0 bridgehead atoms. The minimum atomic E-state index is -0.317. The maximum Gasteiger partial charge on any atom is 0.337 e. The maximum atomic E-state index is 11.4. The predicted molar refractivity (Wildman–Crippen MR) is 108 cm³/mol. The third-order valence-electron chi connectivity index (χ3n) is 4.51. The molecule has 0 unspecified atom stereocenters. The fourth-order valence-corrected chi connectivity index (χ4v) is 2.93. The summed E-state index contributed by atoms with van der Waals surface area (Å²) < 4.78 is 10.1. The number of hydrogen-bond donors (Lipinski definition) is 0. The predicted octanol–water partition coefficient (Wildman–Crippen LogP) is 4.03. The molecule has 0 saturated carbocycles. The first-order valence-corrected chi connectivity index (χ1v) is 9.17. The van der Waals surface area contributed by atoms with E-state index in [0.29, 0.717) is 5.56 Å². The van der Waals surface area contributed by atoms with Crippen molar-refractivity contribution in [2.75, 3.05) is 33.4 Å². The summed E-state index contributed by atoms with van der Waals surface area (Å²) in [6.45, 7) is 4.66. The van der Waals surface area contributed by atoms with Crippen LogP contribution in [0.25, 0.3) is 12.2 Å². The normalized spacial score (nSPS) is 15.4. The lowest BCUT2D eigenvalue weighted by atomic mass is 10.1. The van der Waals surface area contributed by atoms with Crippen LogP contribution in [0.15, 0.2) is 60.7 Å². The van der Waals surface area contributed by atoms with Gasteiger partial charge in [0, 0.05) is 19.6 Å². The smallest absolute Gasteiger partial charge is 0.337 e. The Labute approximate surface area is 160 Å². The Kier molecular flexibility index (Phi) is 6.97. The molecule has 0 aromatic heterocycles. The Morgan fingerprint density at radius 1 is 0.963 bits per heavy atom. The number of esters is 1. The van der Waals surface area contributed by atoms with Crippen molar-refractivity contribution < 1.29 is 14.3 Å². The zero-order valence-electron chi connectivity index (χ0n) is 15.6. The first kappa shape index (κ1) is 19.1. The second-order valence-electron chi connectivity index (χ2n) is 6.46. The van der Waals surface area contributed by atoms with Gasteiger partial charge in [-0.2, -0.15) is 0 Å². The van der Waals surface area contributed by atoms with Crippen LogP contribution in [-0.2, 0) is 16.0 Å². The first-order valence-electron chi connectivity index (χ1n) is 9.17. The standard InChI is InChI=1S/C23H25NO3/c1-26-23(25)22-12-10-20(11-13-22)5-3-2-4-19-6-8-21(9-7-19)18-24-14-16-27-17-15-24/h2-13H,14-18H2,1H3/b4-2+,5-3+. The molecular weight excluding hydrogens is 338 g/mol. The number of carbonyl (C=O) groups excluding carboxylic acids is 1. The topological polar surface area (TPSA) is 38.8 Å². The molecule has 4 heteroatoms. The van der Waals surface area contributed by atoms with Crippen molar-refractivity contribution >= 4 is 18.1 Å². The average Bonchev–Trinajstić information content (AvgIpc) is 2.73. The number of rotatable bonds is 6. The van der Waals surface area contributed by atoms with Crippen LogP contribution < -0.4 is 0 Å². The van der Waals surface area contributed by atoms with Gasteiger partial charge in [-0.1, -0.05) is 60.7 Å². The Balaban J connectivity index is 1.51. The molecule has 2 aromatic rings. The summed E-state index contributed by atoms with van der Waals surface area (Å²) in [5, 5.41) is 0. The molecule has 0 radical (unpaired) electrons. The number of benzene rings is 2. The van der Waals surface area contributed by atoms with Crippen molar-refractivity contribution in [2.24, 2.45) is 0 Å². The number of morpholine rings is 1. The van der Waals surface area contributed by atoms with Crippen LogP contribution in [0, 0.1) is 0 Å². The lowest BCUT2D eigenvalue weighted by Crippen LogP contribution is -2.35. The van der Waals surface area contributed by atoms with Gasteiger partial charge in [0.2, 0.25) is 0 Å². The zero-order chi connectivity index (χ0) is 18.9. The monoisotopic (exact) mass is 363 g/mol. The number of nitrogens with zero attached hydrogens (tertiary/aromatic N) is 1. The number of allylic oxidation sites excluding steroid dienone is 2. The van der Waals surface area contributed by atoms with Crippen molar-refractivity contribution in [1.82, 2.24) is 4.90 Å². The molecule has 0 N–H and O–H groups in total. The van der Waals surface area contributed by atoms with Crippen LogP contribution >= 0.6 is 0 Å². The molecule has 0 amide bonds. The van der Waals surface area contributed by atoms with E-state index in [1.54, 1.807) is 12.1 Å². The minimum Gasteiger partial charge on any atom is -0.465 e. The SMILES string of the molecule is COC(=O)c1ccc(/C=C/C=C/c2ccc(CN3CCOCC3)cc2)cc1. The Morgan fingerprint density at radius 3 is 2.07 bits per heavy atom. The third kappa shape index (κ3) is 5.91. The summed E-state index contributed by atoms with van der Waals surface area (Å²) in [6.07, 6.45) is 8.10. The Morgan fingerprint density at radius 2 is 1.52 bits per heavy atom. The third-order valence-corrected chi connectivity index (χ3v) is 4.51. The number of ether oxygens (including phenoxy) is 2. The Hall–Kier alpha value is -2.69. The van der Waals surface area contributed by atoms with Crippen LogP contribution in [0.3, 0.4) is 0 Å². The largest absolute Gasteiger partial charge is 0.465 e. The van der Waals surface area contributed by atoms with E-state index in [4.69, 9.17) is 9.47 Å². The van der Waals surface area contributed by atoms with Crippen LogP contribution in [0.2, 0.25) is 0 Å². The highest BCUT2D eigenvalue weighted by atomic mass is 16.5. The maximum absolute atomic E-state index is 11.4. The molecule has 2 aromatic carbocycles. The molecule has 4 nitrogen and oxygen atoms in total. The molecule has 1 fully saturated rings. The zero-order valence-corrected chi connectivity index (χ0v) is 15.6. The van der Waals surface area contributed by atoms with E-state index >= 15 is 0 Å². The second kappa shape index (κ2) is 9.86. The highest BCUT2D eigenvalue weighted by molar-refractivity contribution is 5.89. The van der Waals surface area contributed by atoms with E-state index in [1.165, 1.54) is 18.2 Å². The van der Waals surface area contributed by atoms with E-state index < -0.39 is 0 Å². The van der Waals surface area contributed by atoms with Gasteiger partial charge in [0.1, 0.15) is 0 Å². The van der Waals surface area contributed by atoms with E-state index in [9.17, 15) is 4.79 Å². The summed E-state index contributed by atoms with van der Waals surface area (Å²) in [7, 11) is 1.39.